The van der Waals surface area contributed by atoms with Crippen LogP contribution in [0.5, 0.6) is 5.75 Å². The standard InChI is InChI=1S/C23H22Cl2N2O4S/c1-16-3-5-17(6-4-16)14-27(32(2,29)30)19-8-10-20(11-9-19)31-15-23(28)26-22-13-18(24)7-12-21(22)25/h3-13H,14-15H2,1-2H3,(H,26,28). The van der Waals surface area contributed by atoms with Crippen LogP contribution in [0.2, 0.25) is 10.0 Å². The molecule has 0 aromatic heterocycles. The van der Waals surface area contributed by atoms with Gasteiger partial charge in [0.25, 0.3) is 5.91 Å². The van der Waals surface area contributed by atoms with E-state index in [2.05, 4.69) is 5.32 Å². The van der Waals surface area contributed by atoms with Gasteiger partial charge in [-0.15, -0.1) is 0 Å². The van der Waals surface area contributed by atoms with Crippen molar-refractivity contribution < 1.29 is 17.9 Å². The monoisotopic (exact) mass is 492 g/mol. The zero-order valence-corrected chi connectivity index (χ0v) is 19.8. The van der Waals surface area contributed by atoms with Gasteiger partial charge in [0.05, 0.1) is 29.2 Å². The van der Waals surface area contributed by atoms with E-state index in [-0.39, 0.29) is 13.2 Å². The van der Waals surface area contributed by atoms with Gasteiger partial charge in [0.2, 0.25) is 10.0 Å². The molecule has 0 saturated carbocycles. The summed E-state index contributed by atoms with van der Waals surface area (Å²) >= 11 is 12.0. The van der Waals surface area contributed by atoms with Crippen LogP contribution in [0.4, 0.5) is 11.4 Å². The lowest BCUT2D eigenvalue weighted by atomic mass is 10.1. The van der Waals surface area contributed by atoms with Gasteiger partial charge < -0.3 is 10.1 Å². The van der Waals surface area contributed by atoms with Gasteiger partial charge in [-0.3, -0.25) is 9.10 Å². The Balaban J connectivity index is 1.65. The molecule has 3 aromatic rings. The third-order valence-electron chi connectivity index (χ3n) is 4.54. The van der Waals surface area contributed by atoms with Gasteiger partial charge >= 0.3 is 0 Å². The van der Waals surface area contributed by atoms with Gasteiger partial charge in [-0.25, -0.2) is 8.42 Å². The van der Waals surface area contributed by atoms with Gasteiger partial charge in [0.1, 0.15) is 5.75 Å². The predicted octanol–water partition coefficient (Wildman–Crippen LogP) is 5.29. The number of anilines is 2. The van der Waals surface area contributed by atoms with E-state index in [1.807, 2.05) is 31.2 Å². The average Bonchev–Trinajstić information content (AvgIpc) is 2.74. The van der Waals surface area contributed by atoms with E-state index in [0.29, 0.717) is 27.2 Å². The molecular formula is C23H22Cl2N2O4S. The van der Waals surface area contributed by atoms with Gasteiger partial charge in [-0.1, -0.05) is 53.0 Å². The highest BCUT2D eigenvalue weighted by atomic mass is 35.5. The summed E-state index contributed by atoms with van der Waals surface area (Å²) in [4.78, 5) is 12.2. The van der Waals surface area contributed by atoms with Crippen LogP contribution in [0.15, 0.2) is 66.7 Å². The fourth-order valence-corrected chi connectivity index (χ4v) is 4.12. The van der Waals surface area contributed by atoms with Crippen LogP contribution in [0, 0.1) is 6.92 Å². The number of nitrogens with zero attached hydrogens (tertiary/aromatic N) is 1. The minimum Gasteiger partial charge on any atom is -0.484 e. The van der Waals surface area contributed by atoms with E-state index in [9.17, 15) is 13.2 Å². The first kappa shape index (κ1) is 23.9. The molecule has 0 radical (unpaired) electrons. The summed E-state index contributed by atoms with van der Waals surface area (Å²) in [5, 5.41) is 3.44. The van der Waals surface area contributed by atoms with Crippen LogP contribution in [0.1, 0.15) is 11.1 Å². The minimum atomic E-state index is -3.50. The van der Waals surface area contributed by atoms with Gasteiger partial charge in [-0.2, -0.15) is 0 Å². The van der Waals surface area contributed by atoms with Crippen molar-refractivity contribution in [3.63, 3.8) is 0 Å². The number of benzene rings is 3. The molecule has 0 heterocycles. The van der Waals surface area contributed by atoms with Gasteiger partial charge in [0, 0.05) is 5.02 Å². The molecule has 0 unspecified atom stereocenters. The molecule has 0 fully saturated rings. The van der Waals surface area contributed by atoms with Crippen molar-refractivity contribution in [3.05, 3.63) is 87.9 Å². The van der Waals surface area contributed by atoms with Gasteiger partial charge in [0.15, 0.2) is 6.61 Å². The molecule has 0 aliphatic rings. The number of sulfonamides is 1. The van der Waals surface area contributed by atoms with Crippen molar-refractivity contribution >= 4 is 50.5 Å². The maximum Gasteiger partial charge on any atom is 0.262 e. The zero-order chi connectivity index (χ0) is 23.3. The molecule has 9 heteroatoms. The molecule has 0 aliphatic carbocycles. The number of carbonyl (C=O) groups excluding carboxylic acids is 1. The van der Waals surface area contributed by atoms with Crippen molar-refractivity contribution in [2.75, 3.05) is 22.5 Å². The van der Waals surface area contributed by atoms with E-state index < -0.39 is 15.9 Å². The Labute approximate surface area is 197 Å². The lowest BCUT2D eigenvalue weighted by Gasteiger charge is -2.23. The highest BCUT2D eigenvalue weighted by Gasteiger charge is 2.18. The number of halogens is 2. The van der Waals surface area contributed by atoms with Gasteiger partial charge in [-0.05, 0) is 55.0 Å². The lowest BCUT2D eigenvalue weighted by Crippen LogP contribution is -2.29. The summed E-state index contributed by atoms with van der Waals surface area (Å²) in [5.41, 5.74) is 2.86. The predicted molar refractivity (Wildman–Crippen MR) is 129 cm³/mol. The first-order chi connectivity index (χ1) is 15.1. The largest absolute Gasteiger partial charge is 0.484 e. The Kier molecular flexibility index (Phi) is 7.66. The molecule has 3 rings (SSSR count). The quantitative estimate of drug-likeness (QED) is 0.463. The van der Waals surface area contributed by atoms with E-state index in [1.54, 1.807) is 42.5 Å². The fraction of sp³-hybridized carbons (Fsp3) is 0.174. The molecule has 0 bridgehead atoms. The average molecular weight is 493 g/mol. The number of hydrogen-bond donors (Lipinski definition) is 1. The highest BCUT2D eigenvalue weighted by molar-refractivity contribution is 7.92. The van der Waals surface area contributed by atoms with Crippen LogP contribution in [0.3, 0.4) is 0 Å². The summed E-state index contributed by atoms with van der Waals surface area (Å²) in [7, 11) is -3.50. The second-order valence-electron chi connectivity index (χ2n) is 7.21. The van der Waals surface area contributed by atoms with Crippen molar-refractivity contribution in [2.24, 2.45) is 0 Å². The number of hydrogen-bond acceptors (Lipinski definition) is 4. The Bertz CT molecular complexity index is 1200. The molecule has 6 nitrogen and oxygen atoms in total. The summed E-state index contributed by atoms with van der Waals surface area (Å²) in [6.07, 6.45) is 1.16. The number of rotatable bonds is 8. The smallest absolute Gasteiger partial charge is 0.262 e. The molecule has 0 saturated heterocycles. The Morgan fingerprint density at radius 1 is 1.00 bits per heavy atom. The third-order valence-corrected chi connectivity index (χ3v) is 6.25. The van der Waals surface area contributed by atoms with Crippen molar-refractivity contribution in [1.82, 2.24) is 0 Å². The first-order valence-corrected chi connectivity index (χ1v) is 12.2. The second kappa shape index (κ2) is 10.3. The van der Waals surface area contributed by atoms with E-state index in [1.165, 1.54) is 4.31 Å². The van der Waals surface area contributed by atoms with Crippen molar-refractivity contribution in [3.8, 4) is 5.75 Å². The number of carbonyl (C=O) groups is 1. The summed E-state index contributed by atoms with van der Waals surface area (Å²) in [6, 6.07) is 18.9. The Morgan fingerprint density at radius 2 is 1.66 bits per heavy atom. The van der Waals surface area contributed by atoms with E-state index in [0.717, 1.165) is 17.4 Å². The first-order valence-electron chi connectivity index (χ1n) is 9.63. The summed E-state index contributed by atoms with van der Waals surface area (Å²) < 4.78 is 31.5. The van der Waals surface area contributed by atoms with Crippen LogP contribution in [0.25, 0.3) is 0 Å². The van der Waals surface area contributed by atoms with Crippen LogP contribution >= 0.6 is 23.2 Å². The third kappa shape index (κ3) is 6.63. The Hall–Kier alpha value is -2.74. The molecule has 3 aromatic carbocycles. The molecule has 0 atom stereocenters. The molecule has 0 aliphatic heterocycles. The highest BCUT2D eigenvalue weighted by Crippen LogP contribution is 2.26. The molecule has 1 amide bonds. The fourth-order valence-electron chi connectivity index (χ4n) is 2.90. The van der Waals surface area contributed by atoms with Crippen LogP contribution in [-0.2, 0) is 21.4 Å². The minimum absolute atomic E-state index is 0.210. The molecule has 168 valence electrons. The maximum atomic E-state index is 12.3. The number of aryl methyl sites for hydroxylation is 1. The lowest BCUT2D eigenvalue weighted by molar-refractivity contribution is -0.118. The van der Waals surface area contributed by atoms with Crippen molar-refractivity contribution in [2.45, 2.75) is 13.5 Å². The summed E-state index contributed by atoms with van der Waals surface area (Å²) in [5.74, 6) is 0.0141. The van der Waals surface area contributed by atoms with E-state index in [4.69, 9.17) is 27.9 Å². The SMILES string of the molecule is Cc1ccc(CN(c2ccc(OCC(=O)Nc3cc(Cl)ccc3Cl)cc2)S(C)(=O)=O)cc1. The Morgan fingerprint density at radius 3 is 2.28 bits per heavy atom. The second-order valence-corrected chi connectivity index (χ2v) is 9.96. The summed E-state index contributed by atoms with van der Waals surface area (Å²) in [6.45, 7) is 1.93. The number of nitrogens with one attached hydrogen (secondary N) is 1. The zero-order valence-electron chi connectivity index (χ0n) is 17.5. The van der Waals surface area contributed by atoms with E-state index >= 15 is 0 Å². The number of ether oxygens (including phenoxy) is 1. The van der Waals surface area contributed by atoms with Crippen LogP contribution < -0.4 is 14.4 Å². The molecule has 32 heavy (non-hydrogen) atoms. The van der Waals surface area contributed by atoms with Crippen LogP contribution in [-0.4, -0.2) is 27.2 Å². The molecule has 0 spiro atoms. The molecule has 1 N–H and O–H groups in total. The normalized spacial score (nSPS) is 11.1. The van der Waals surface area contributed by atoms with Crippen molar-refractivity contribution in [1.29, 1.82) is 0 Å². The maximum absolute atomic E-state index is 12.3. The number of amides is 1. The topological polar surface area (TPSA) is 75.7 Å². The molecular weight excluding hydrogens is 471 g/mol.